The summed E-state index contributed by atoms with van der Waals surface area (Å²) in [6.45, 7) is 0.684. The van der Waals surface area contributed by atoms with Crippen LogP contribution < -0.4 is 15.2 Å². The molecule has 1 aliphatic rings. The predicted molar refractivity (Wildman–Crippen MR) is 77.3 cm³/mol. The zero-order chi connectivity index (χ0) is 14.9. The zero-order valence-corrected chi connectivity index (χ0v) is 12.0. The van der Waals surface area contributed by atoms with Crippen LogP contribution in [0.5, 0.6) is 11.5 Å². The lowest BCUT2D eigenvalue weighted by Gasteiger charge is -2.25. The van der Waals surface area contributed by atoms with Crippen LogP contribution in [0.3, 0.4) is 0 Å². The van der Waals surface area contributed by atoms with Crippen LogP contribution in [0.4, 0.5) is 0 Å². The molecule has 2 aromatic rings. The van der Waals surface area contributed by atoms with Gasteiger partial charge < -0.3 is 15.2 Å². The summed E-state index contributed by atoms with van der Waals surface area (Å²) in [6, 6.07) is 12.9. The Balaban J connectivity index is 2.01. The Labute approximate surface area is 123 Å². The van der Waals surface area contributed by atoms with Crippen LogP contribution in [-0.2, 0) is 9.84 Å². The third-order valence-electron chi connectivity index (χ3n) is 3.26. The molecule has 2 aromatic carbocycles. The van der Waals surface area contributed by atoms with Crippen molar-refractivity contribution in [1.29, 1.82) is 0 Å². The second-order valence-electron chi connectivity index (χ2n) is 4.71. The molecule has 1 atom stereocenters. The van der Waals surface area contributed by atoms with E-state index in [0.717, 1.165) is 0 Å². The van der Waals surface area contributed by atoms with Gasteiger partial charge in [0, 0.05) is 12.6 Å². The number of fused-ring (bicyclic) bond motifs is 1. The molecular formula is C15H15NO4S. The van der Waals surface area contributed by atoms with Crippen molar-refractivity contribution in [3.8, 4) is 11.5 Å². The van der Waals surface area contributed by atoms with Crippen molar-refractivity contribution in [2.24, 2.45) is 5.73 Å². The van der Waals surface area contributed by atoms with E-state index in [1.807, 2.05) is 0 Å². The highest BCUT2D eigenvalue weighted by Crippen LogP contribution is 2.35. The van der Waals surface area contributed by atoms with E-state index in [0.29, 0.717) is 24.7 Å². The Morgan fingerprint density at radius 1 is 1.05 bits per heavy atom. The summed E-state index contributed by atoms with van der Waals surface area (Å²) in [7, 11) is -3.56. The molecule has 21 heavy (non-hydrogen) atoms. The van der Waals surface area contributed by atoms with Gasteiger partial charge in [-0.25, -0.2) is 8.42 Å². The molecule has 0 fully saturated rings. The first-order valence-corrected chi connectivity index (χ1v) is 8.03. The molecule has 2 N–H and O–H groups in total. The largest absolute Gasteiger partial charge is 0.486 e. The summed E-state index contributed by atoms with van der Waals surface area (Å²) in [5, 5.41) is 0. The van der Waals surface area contributed by atoms with Gasteiger partial charge in [-0.3, -0.25) is 0 Å². The molecule has 0 spiro atoms. The van der Waals surface area contributed by atoms with Crippen molar-refractivity contribution >= 4 is 9.84 Å². The van der Waals surface area contributed by atoms with Gasteiger partial charge in [-0.2, -0.15) is 0 Å². The van der Waals surface area contributed by atoms with Crippen molar-refractivity contribution in [2.75, 3.05) is 13.2 Å². The highest BCUT2D eigenvalue weighted by atomic mass is 32.2. The van der Waals surface area contributed by atoms with E-state index in [-0.39, 0.29) is 15.9 Å². The summed E-state index contributed by atoms with van der Waals surface area (Å²) >= 11 is 0. The van der Waals surface area contributed by atoms with E-state index in [2.05, 4.69) is 0 Å². The van der Waals surface area contributed by atoms with Gasteiger partial charge in [-0.15, -0.1) is 0 Å². The van der Waals surface area contributed by atoms with Gasteiger partial charge in [0.15, 0.2) is 11.5 Å². The molecule has 0 aromatic heterocycles. The minimum atomic E-state index is -3.56. The van der Waals surface area contributed by atoms with Gasteiger partial charge in [-0.1, -0.05) is 18.2 Å². The van der Waals surface area contributed by atoms with Crippen molar-refractivity contribution < 1.29 is 17.9 Å². The van der Waals surface area contributed by atoms with Crippen LogP contribution in [-0.4, -0.2) is 27.7 Å². The van der Waals surface area contributed by atoms with Gasteiger partial charge >= 0.3 is 0 Å². The quantitative estimate of drug-likeness (QED) is 0.932. The van der Waals surface area contributed by atoms with Crippen molar-refractivity contribution in [3.05, 3.63) is 48.5 Å². The predicted octanol–water partition coefficient (Wildman–Crippen LogP) is 1.62. The molecule has 6 heteroatoms. The van der Waals surface area contributed by atoms with E-state index < -0.39 is 9.84 Å². The van der Waals surface area contributed by atoms with E-state index >= 15 is 0 Å². The molecule has 0 radical (unpaired) electrons. The third kappa shape index (κ3) is 2.59. The van der Waals surface area contributed by atoms with Crippen molar-refractivity contribution in [1.82, 2.24) is 0 Å². The molecule has 1 unspecified atom stereocenters. The molecule has 0 saturated carbocycles. The molecule has 0 saturated heterocycles. The number of benzene rings is 2. The van der Waals surface area contributed by atoms with Crippen molar-refractivity contribution in [2.45, 2.75) is 15.9 Å². The second-order valence-corrected chi connectivity index (χ2v) is 6.66. The first kappa shape index (κ1) is 13.9. The average molecular weight is 305 g/mol. The van der Waals surface area contributed by atoms with E-state index in [1.54, 1.807) is 36.4 Å². The second kappa shape index (κ2) is 5.38. The number of rotatable bonds is 3. The van der Waals surface area contributed by atoms with Gasteiger partial charge in [0.05, 0.1) is 9.79 Å². The smallest absolute Gasteiger partial charge is 0.206 e. The standard InChI is InChI=1S/C15H15NO4S/c16-9-11-10-19-14-7-6-13(8-15(14)20-11)21(17,18)12-4-2-1-3-5-12/h1-8,11H,9-10,16H2. The number of hydrogen-bond acceptors (Lipinski definition) is 5. The number of sulfone groups is 1. The molecule has 0 amide bonds. The Morgan fingerprint density at radius 2 is 1.81 bits per heavy atom. The molecule has 1 heterocycles. The Kier molecular flexibility index (Phi) is 3.57. The molecule has 110 valence electrons. The van der Waals surface area contributed by atoms with Gasteiger partial charge in [0.2, 0.25) is 9.84 Å². The first-order chi connectivity index (χ1) is 10.1. The zero-order valence-electron chi connectivity index (χ0n) is 11.2. The molecule has 5 nitrogen and oxygen atoms in total. The average Bonchev–Trinajstić information content (AvgIpc) is 2.54. The topological polar surface area (TPSA) is 78.6 Å². The Bertz CT molecular complexity index is 744. The highest BCUT2D eigenvalue weighted by Gasteiger charge is 2.24. The fraction of sp³-hybridized carbons (Fsp3) is 0.200. The van der Waals surface area contributed by atoms with Gasteiger partial charge in [0.25, 0.3) is 0 Å². The van der Waals surface area contributed by atoms with Crippen LogP contribution in [0.2, 0.25) is 0 Å². The summed E-state index contributed by atoms with van der Waals surface area (Å²) in [5.41, 5.74) is 5.55. The maximum Gasteiger partial charge on any atom is 0.206 e. The normalized spacial score (nSPS) is 17.5. The summed E-state index contributed by atoms with van der Waals surface area (Å²) in [4.78, 5) is 0.422. The summed E-state index contributed by atoms with van der Waals surface area (Å²) < 4.78 is 36.2. The number of nitrogens with two attached hydrogens (primary N) is 1. The van der Waals surface area contributed by atoms with E-state index in [9.17, 15) is 8.42 Å². The number of hydrogen-bond donors (Lipinski definition) is 1. The van der Waals surface area contributed by atoms with Crippen LogP contribution in [0.1, 0.15) is 0 Å². The molecule has 1 aliphatic heterocycles. The third-order valence-corrected chi connectivity index (χ3v) is 5.03. The summed E-state index contributed by atoms with van der Waals surface area (Å²) in [5.74, 6) is 0.945. The lowest BCUT2D eigenvalue weighted by molar-refractivity contribution is 0.0964. The monoisotopic (exact) mass is 305 g/mol. The summed E-state index contributed by atoms with van der Waals surface area (Å²) in [6.07, 6.45) is -0.257. The van der Waals surface area contributed by atoms with E-state index in [1.165, 1.54) is 12.1 Å². The van der Waals surface area contributed by atoms with Gasteiger partial charge in [0.1, 0.15) is 12.7 Å². The maximum absolute atomic E-state index is 12.5. The lowest BCUT2D eigenvalue weighted by Crippen LogP contribution is -2.35. The van der Waals surface area contributed by atoms with Crippen LogP contribution in [0.25, 0.3) is 0 Å². The Hall–Kier alpha value is -2.05. The first-order valence-electron chi connectivity index (χ1n) is 6.55. The molecule has 3 rings (SSSR count). The van der Waals surface area contributed by atoms with E-state index in [4.69, 9.17) is 15.2 Å². The van der Waals surface area contributed by atoms with Crippen LogP contribution in [0, 0.1) is 0 Å². The minimum Gasteiger partial charge on any atom is -0.486 e. The van der Waals surface area contributed by atoms with Crippen molar-refractivity contribution in [3.63, 3.8) is 0 Å². The SMILES string of the molecule is NCC1COc2ccc(S(=O)(=O)c3ccccc3)cc2O1. The Morgan fingerprint density at radius 3 is 2.52 bits per heavy atom. The molecule has 0 aliphatic carbocycles. The van der Waals surface area contributed by atoms with Gasteiger partial charge in [-0.05, 0) is 24.3 Å². The number of ether oxygens (including phenoxy) is 2. The molecular weight excluding hydrogens is 290 g/mol. The van der Waals surface area contributed by atoms with Crippen LogP contribution >= 0.6 is 0 Å². The maximum atomic E-state index is 12.5. The fourth-order valence-electron chi connectivity index (χ4n) is 2.12. The fourth-order valence-corrected chi connectivity index (χ4v) is 3.41. The molecule has 0 bridgehead atoms. The highest BCUT2D eigenvalue weighted by molar-refractivity contribution is 7.91. The minimum absolute atomic E-state index is 0.175. The lowest BCUT2D eigenvalue weighted by atomic mass is 10.2. The van der Waals surface area contributed by atoms with Crippen LogP contribution in [0.15, 0.2) is 58.3 Å².